The van der Waals surface area contributed by atoms with Gasteiger partial charge in [-0.25, -0.2) is 0 Å². The second kappa shape index (κ2) is 9.14. The van der Waals surface area contributed by atoms with Crippen LogP contribution < -0.4 is 0 Å². The van der Waals surface area contributed by atoms with Crippen molar-refractivity contribution in [2.24, 2.45) is 0 Å². The van der Waals surface area contributed by atoms with E-state index in [1.807, 2.05) is 0 Å². The SMILES string of the molecule is Cc1cc2ccc3c(-c4ccc5cc(-c6ccc7c(ccc8ccccc87)c6)ccc5c4)ccc4c5ccccc5c(c1)c2c34. The minimum Gasteiger partial charge on any atom is -0.0616 e. The van der Waals surface area contributed by atoms with E-state index in [4.69, 9.17) is 0 Å². The van der Waals surface area contributed by atoms with Crippen molar-refractivity contribution in [3.05, 3.63) is 157 Å². The summed E-state index contributed by atoms with van der Waals surface area (Å²) in [6.45, 7) is 2.21. The lowest BCUT2D eigenvalue weighted by atomic mass is 9.85. The summed E-state index contributed by atoms with van der Waals surface area (Å²) in [6.07, 6.45) is 0. The van der Waals surface area contributed by atoms with Gasteiger partial charge in [0.25, 0.3) is 0 Å². The summed E-state index contributed by atoms with van der Waals surface area (Å²) in [5, 5.41) is 18.4. The normalized spacial score (nSPS) is 12.1. The maximum Gasteiger partial charge on any atom is -0.00141 e. The summed E-state index contributed by atoms with van der Waals surface area (Å²) in [5.41, 5.74) is 6.34. The Morgan fingerprint density at radius 2 is 0.844 bits per heavy atom. The lowest BCUT2D eigenvalue weighted by Crippen LogP contribution is -1.90. The van der Waals surface area contributed by atoms with Crippen molar-refractivity contribution in [2.45, 2.75) is 6.92 Å². The van der Waals surface area contributed by atoms with Crippen LogP contribution in [0.5, 0.6) is 0 Å². The molecule has 0 radical (unpaired) electrons. The Kier molecular flexibility index (Phi) is 5.02. The van der Waals surface area contributed by atoms with Crippen LogP contribution in [0, 0.1) is 6.92 Å². The van der Waals surface area contributed by atoms with Gasteiger partial charge in [-0.15, -0.1) is 0 Å². The summed E-state index contributed by atoms with van der Waals surface area (Å²) in [6, 6.07) is 56.7. The molecule has 0 saturated carbocycles. The highest BCUT2D eigenvalue weighted by Crippen LogP contribution is 2.44. The second-order valence-electron chi connectivity index (χ2n) is 12.6. The van der Waals surface area contributed by atoms with Gasteiger partial charge in [-0.05, 0) is 128 Å². The van der Waals surface area contributed by atoms with Crippen LogP contribution in [-0.2, 0) is 0 Å². The zero-order valence-electron chi connectivity index (χ0n) is 24.9. The maximum absolute atomic E-state index is 2.36. The molecule has 0 aromatic heterocycles. The van der Waals surface area contributed by atoms with Crippen LogP contribution in [-0.4, -0.2) is 0 Å². The van der Waals surface area contributed by atoms with Crippen LogP contribution in [0.1, 0.15) is 5.56 Å². The molecule has 208 valence electrons. The molecule has 0 N–H and O–H groups in total. The van der Waals surface area contributed by atoms with E-state index in [1.54, 1.807) is 0 Å². The van der Waals surface area contributed by atoms with Crippen LogP contribution in [0.2, 0.25) is 0 Å². The first-order valence-electron chi connectivity index (χ1n) is 15.8. The zero-order chi connectivity index (χ0) is 29.6. The molecule has 45 heavy (non-hydrogen) atoms. The molecule has 0 amide bonds. The molecule has 0 fully saturated rings. The van der Waals surface area contributed by atoms with E-state index in [2.05, 4.69) is 159 Å². The van der Waals surface area contributed by atoms with Gasteiger partial charge in [0, 0.05) is 0 Å². The summed E-state index contributed by atoms with van der Waals surface area (Å²) in [7, 11) is 0. The number of hydrogen-bond acceptors (Lipinski definition) is 0. The van der Waals surface area contributed by atoms with Crippen LogP contribution in [0.25, 0.3) is 97.7 Å². The smallest absolute Gasteiger partial charge is 0.00141 e. The van der Waals surface area contributed by atoms with Crippen molar-refractivity contribution in [2.75, 3.05) is 0 Å². The highest BCUT2D eigenvalue weighted by atomic mass is 14.2. The highest BCUT2D eigenvalue weighted by Gasteiger charge is 2.16. The van der Waals surface area contributed by atoms with Gasteiger partial charge in [-0.1, -0.05) is 133 Å². The van der Waals surface area contributed by atoms with Gasteiger partial charge in [0.2, 0.25) is 0 Å². The van der Waals surface area contributed by atoms with Gasteiger partial charge < -0.3 is 0 Å². The van der Waals surface area contributed by atoms with Gasteiger partial charge >= 0.3 is 0 Å². The van der Waals surface area contributed by atoms with Gasteiger partial charge in [0.1, 0.15) is 0 Å². The van der Waals surface area contributed by atoms with Gasteiger partial charge in [0.05, 0.1) is 0 Å². The molecule has 0 aliphatic heterocycles. The third-order valence-electron chi connectivity index (χ3n) is 9.98. The van der Waals surface area contributed by atoms with Crippen LogP contribution in [0.15, 0.2) is 152 Å². The maximum atomic E-state index is 2.36. The molecule has 0 bridgehead atoms. The van der Waals surface area contributed by atoms with Crippen molar-refractivity contribution < 1.29 is 0 Å². The molecule has 10 aromatic rings. The van der Waals surface area contributed by atoms with E-state index in [0.717, 1.165) is 0 Å². The molecule has 0 heterocycles. The molecule has 0 nitrogen and oxygen atoms in total. The van der Waals surface area contributed by atoms with E-state index in [0.29, 0.717) is 0 Å². The molecule has 0 aliphatic rings. The fourth-order valence-electron chi connectivity index (χ4n) is 7.89. The Bertz CT molecular complexity index is 2820. The molecule has 0 saturated heterocycles. The van der Waals surface area contributed by atoms with Crippen LogP contribution in [0.4, 0.5) is 0 Å². The fourth-order valence-corrected chi connectivity index (χ4v) is 7.89. The summed E-state index contributed by atoms with van der Waals surface area (Å²) in [5.74, 6) is 0. The van der Waals surface area contributed by atoms with E-state index < -0.39 is 0 Å². The first kappa shape index (κ1) is 24.7. The molecule has 0 unspecified atom stereocenters. The summed E-state index contributed by atoms with van der Waals surface area (Å²) < 4.78 is 0. The fraction of sp³-hybridized carbons (Fsp3) is 0.0222. The number of fused-ring (bicyclic) bond motifs is 7. The standard InChI is InChI=1S/C45H28/c1-27-22-35-17-19-41-38(20-21-42-39-8-4-5-9-40(39)43(23-27)44(35)45(41)42)34-15-13-30-24-29(11-12-31(30)25-34)32-16-18-37-33(26-32)14-10-28-6-2-3-7-36(28)37/h2-26H,1H3. The first-order valence-corrected chi connectivity index (χ1v) is 15.8. The van der Waals surface area contributed by atoms with Crippen molar-refractivity contribution >= 4 is 75.4 Å². The first-order chi connectivity index (χ1) is 22.2. The Labute approximate surface area is 261 Å². The van der Waals surface area contributed by atoms with Gasteiger partial charge in [-0.2, -0.15) is 0 Å². The second-order valence-corrected chi connectivity index (χ2v) is 12.6. The van der Waals surface area contributed by atoms with E-state index in [1.165, 1.54) is 103 Å². The molecule has 0 spiro atoms. The molecule has 10 rings (SSSR count). The predicted octanol–water partition coefficient (Wildman–Crippen LogP) is 12.8. The molecule has 0 aliphatic carbocycles. The van der Waals surface area contributed by atoms with Crippen LogP contribution in [0.3, 0.4) is 0 Å². The monoisotopic (exact) mass is 568 g/mol. The number of aryl methyl sites for hydroxylation is 1. The molecular weight excluding hydrogens is 540 g/mol. The average molecular weight is 569 g/mol. The highest BCUT2D eigenvalue weighted by molar-refractivity contribution is 6.35. The largest absolute Gasteiger partial charge is 0.0616 e. The number of benzene rings is 10. The number of hydrogen-bond donors (Lipinski definition) is 0. The lowest BCUT2D eigenvalue weighted by molar-refractivity contribution is 1.53. The van der Waals surface area contributed by atoms with Crippen molar-refractivity contribution in [3.8, 4) is 22.3 Å². The summed E-state index contributed by atoms with van der Waals surface area (Å²) >= 11 is 0. The zero-order valence-corrected chi connectivity index (χ0v) is 24.9. The molecule has 10 aromatic carbocycles. The topological polar surface area (TPSA) is 0 Å². The predicted molar refractivity (Wildman–Crippen MR) is 196 cm³/mol. The third-order valence-corrected chi connectivity index (χ3v) is 9.98. The third kappa shape index (κ3) is 3.60. The van der Waals surface area contributed by atoms with Crippen molar-refractivity contribution in [1.82, 2.24) is 0 Å². The minimum absolute atomic E-state index is 1.25. The Hall–Kier alpha value is -5.72. The van der Waals surface area contributed by atoms with Crippen molar-refractivity contribution in [3.63, 3.8) is 0 Å². The Balaban J connectivity index is 1.12. The van der Waals surface area contributed by atoms with Crippen LogP contribution >= 0.6 is 0 Å². The molecule has 0 heteroatoms. The molecular formula is C45H28. The minimum atomic E-state index is 1.25. The van der Waals surface area contributed by atoms with Crippen molar-refractivity contribution in [1.29, 1.82) is 0 Å². The molecule has 0 atom stereocenters. The Morgan fingerprint density at radius 1 is 0.289 bits per heavy atom. The number of rotatable bonds is 2. The van der Waals surface area contributed by atoms with Gasteiger partial charge in [-0.3, -0.25) is 0 Å². The van der Waals surface area contributed by atoms with E-state index >= 15 is 0 Å². The van der Waals surface area contributed by atoms with E-state index in [-0.39, 0.29) is 0 Å². The Morgan fingerprint density at radius 3 is 1.69 bits per heavy atom. The van der Waals surface area contributed by atoms with E-state index in [9.17, 15) is 0 Å². The lowest BCUT2D eigenvalue weighted by Gasteiger charge is -2.18. The summed E-state index contributed by atoms with van der Waals surface area (Å²) in [4.78, 5) is 0. The van der Waals surface area contributed by atoms with Gasteiger partial charge in [0.15, 0.2) is 0 Å². The quantitative estimate of drug-likeness (QED) is 0.144. The average Bonchev–Trinajstić information content (AvgIpc) is 3.09.